The van der Waals surface area contributed by atoms with Crippen LogP contribution in [0.5, 0.6) is 11.5 Å². The highest BCUT2D eigenvalue weighted by atomic mass is 35.5. The third-order valence-corrected chi connectivity index (χ3v) is 3.54. The Hall–Kier alpha value is -2.80. The summed E-state index contributed by atoms with van der Waals surface area (Å²) in [6.07, 6.45) is 3.12. The second-order valence-corrected chi connectivity index (χ2v) is 4.98. The van der Waals surface area contributed by atoms with Gasteiger partial charge >= 0.3 is 0 Å². The molecule has 118 valence electrons. The van der Waals surface area contributed by atoms with E-state index in [-0.39, 0.29) is 5.91 Å². The Morgan fingerprint density at radius 3 is 2.70 bits per heavy atom. The predicted octanol–water partition coefficient (Wildman–Crippen LogP) is 2.65. The molecule has 23 heavy (non-hydrogen) atoms. The van der Waals surface area contributed by atoms with Crippen molar-refractivity contribution in [1.29, 1.82) is 0 Å². The van der Waals surface area contributed by atoms with Crippen LogP contribution >= 0.6 is 11.6 Å². The molecular formula is C15H13ClN4O3. The van der Waals surface area contributed by atoms with E-state index in [1.807, 2.05) is 0 Å². The van der Waals surface area contributed by atoms with E-state index in [1.165, 1.54) is 18.7 Å². The van der Waals surface area contributed by atoms with Crippen LogP contribution in [0.4, 0.5) is 5.69 Å². The monoisotopic (exact) mass is 332 g/mol. The quantitative estimate of drug-likeness (QED) is 0.794. The normalized spacial score (nSPS) is 10.6. The Balaban J connectivity index is 1.98. The number of benzene rings is 1. The Morgan fingerprint density at radius 1 is 1.17 bits per heavy atom. The first-order valence-corrected chi connectivity index (χ1v) is 7.03. The minimum absolute atomic E-state index is 0.343. The number of nitrogens with one attached hydrogen (secondary N) is 1. The summed E-state index contributed by atoms with van der Waals surface area (Å²) in [4.78, 5) is 16.7. The molecule has 0 saturated carbocycles. The van der Waals surface area contributed by atoms with Crippen molar-refractivity contribution in [1.82, 2.24) is 14.6 Å². The Morgan fingerprint density at radius 2 is 1.96 bits per heavy atom. The lowest BCUT2D eigenvalue weighted by Crippen LogP contribution is -2.17. The van der Waals surface area contributed by atoms with E-state index in [0.717, 1.165) is 0 Å². The van der Waals surface area contributed by atoms with Gasteiger partial charge in [0.2, 0.25) is 0 Å². The van der Waals surface area contributed by atoms with Crippen LogP contribution in [-0.2, 0) is 0 Å². The summed E-state index contributed by atoms with van der Waals surface area (Å²) in [5.74, 6) is 0.500. The molecule has 2 heterocycles. The van der Waals surface area contributed by atoms with Crippen LogP contribution in [0.1, 0.15) is 10.5 Å². The van der Waals surface area contributed by atoms with Crippen LogP contribution in [0.15, 0.2) is 36.7 Å². The maximum atomic E-state index is 12.5. The summed E-state index contributed by atoms with van der Waals surface area (Å²) >= 11 is 6.06. The van der Waals surface area contributed by atoms with Crippen molar-refractivity contribution in [3.05, 3.63) is 47.4 Å². The van der Waals surface area contributed by atoms with Gasteiger partial charge in [0.25, 0.3) is 5.91 Å². The van der Waals surface area contributed by atoms with Gasteiger partial charge in [0, 0.05) is 24.4 Å². The third kappa shape index (κ3) is 2.78. The number of aromatic nitrogens is 3. The SMILES string of the molecule is COc1cc(NC(=O)c2ccnc3ccnn23)c(OC)cc1Cl. The zero-order valence-corrected chi connectivity index (χ0v) is 13.2. The van der Waals surface area contributed by atoms with Crippen LogP contribution in [0.3, 0.4) is 0 Å². The molecule has 1 amide bonds. The zero-order chi connectivity index (χ0) is 16.4. The van der Waals surface area contributed by atoms with Crippen LogP contribution in [0.2, 0.25) is 5.02 Å². The molecule has 0 radical (unpaired) electrons. The van der Waals surface area contributed by atoms with Gasteiger partial charge in [-0.2, -0.15) is 5.10 Å². The number of methoxy groups -OCH3 is 2. The molecule has 0 unspecified atom stereocenters. The highest BCUT2D eigenvalue weighted by Crippen LogP contribution is 2.36. The maximum absolute atomic E-state index is 12.5. The molecule has 3 aromatic rings. The number of hydrogen-bond acceptors (Lipinski definition) is 5. The van der Waals surface area contributed by atoms with Gasteiger partial charge in [0.05, 0.1) is 31.1 Å². The lowest BCUT2D eigenvalue weighted by Gasteiger charge is -2.13. The molecule has 7 nitrogen and oxygen atoms in total. The van der Waals surface area contributed by atoms with Gasteiger partial charge in [-0.05, 0) is 6.07 Å². The average Bonchev–Trinajstić information content (AvgIpc) is 3.04. The van der Waals surface area contributed by atoms with E-state index >= 15 is 0 Å². The van der Waals surface area contributed by atoms with Crippen molar-refractivity contribution in [2.75, 3.05) is 19.5 Å². The standard InChI is InChI=1S/C15H13ClN4O3/c1-22-12-8-10(13(23-2)7-9(12)16)19-15(21)11-3-5-17-14-4-6-18-20(11)14/h3-8H,1-2H3,(H,19,21). The van der Waals surface area contributed by atoms with Gasteiger partial charge < -0.3 is 14.8 Å². The number of rotatable bonds is 4. The predicted molar refractivity (Wildman–Crippen MR) is 85.5 cm³/mol. The molecule has 0 aliphatic heterocycles. The first-order valence-electron chi connectivity index (χ1n) is 6.65. The van der Waals surface area contributed by atoms with Gasteiger partial charge in [-0.1, -0.05) is 11.6 Å². The second-order valence-electron chi connectivity index (χ2n) is 4.57. The van der Waals surface area contributed by atoms with Crippen LogP contribution < -0.4 is 14.8 Å². The fourth-order valence-corrected chi connectivity index (χ4v) is 2.38. The fourth-order valence-electron chi connectivity index (χ4n) is 2.15. The first kappa shape index (κ1) is 15.1. The molecule has 2 aromatic heterocycles. The van der Waals surface area contributed by atoms with Crippen molar-refractivity contribution < 1.29 is 14.3 Å². The third-order valence-electron chi connectivity index (χ3n) is 3.24. The highest BCUT2D eigenvalue weighted by molar-refractivity contribution is 6.32. The molecule has 8 heteroatoms. The van der Waals surface area contributed by atoms with Crippen molar-refractivity contribution in [2.45, 2.75) is 0 Å². The summed E-state index contributed by atoms with van der Waals surface area (Å²) in [7, 11) is 2.99. The van der Waals surface area contributed by atoms with E-state index in [4.69, 9.17) is 21.1 Å². The van der Waals surface area contributed by atoms with Crippen molar-refractivity contribution >= 4 is 28.8 Å². The van der Waals surface area contributed by atoms with Gasteiger partial charge in [0.15, 0.2) is 5.65 Å². The molecule has 1 aromatic carbocycles. The number of halogens is 1. The van der Waals surface area contributed by atoms with E-state index in [0.29, 0.717) is 33.6 Å². The minimum atomic E-state index is -0.358. The number of fused-ring (bicyclic) bond motifs is 1. The lowest BCUT2D eigenvalue weighted by atomic mass is 10.2. The molecule has 1 N–H and O–H groups in total. The Labute approximate surface area is 136 Å². The van der Waals surface area contributed by atoms with Crippen molar-refractivity contribution in [2.24, 2.45) is 0 Å². The lowest BCUT2D eigenvalue weighted by molar-refractivity contribution is 0.101. The number of hydrogen-bond donors (Lipinski definition) is 1. The minimum Gasteiger partial charge on any atom is -0.495 e. The molecule has 3 rings (SSSR count). The number of amides is 1. The van der Waals surface area contributed by atoms with Crippen molar-refractivity contribution in [3.63, 3.8) is 0 Å². The molecule has 0 fully saturated rings. The Bertz CT molecular complexity index is 878. The van der Waals surface area contributed by atoms with E-state index in [2.05, 4.69) is 15.4 Å². The van der Waals surface area contributed by atoms with Crippen LogP contribution in [0, 0.1) is 0 Å². The van der Waals surface area contributed by atoms with E-state index in [1.54, 1.807) is 36.7 Å². The summed E-state index contributed by atoms with van der Waals surface area (Å²) in [5.41, 5.74) is 1.37. The fraction of sp³-hybridized carbons (Fsp3) is 0.133. The topological polar surface area (TPSA) is 77.8 Å². The molecule has 0 aliphatic carbocycles. The summed E-state index contributed by atoms with van der Waals surface area (Å²) in [6, 6.07) is 6.46. The average molecular weight is 333 g/mol. The maximum Gasteiger partial charge on any atom is 0.274 e. The molecule has 0 saturated heterocycles. The number of anilines is 1. The van der Waals surface area contributed by atoms with Gasteiger partial charge in [-0.15, -0.1) is 0 Å². The number of nitrogens with zero attached hydrogens (tertiary/aromatic N) is 3. The van der Waals surface area contributed by atoms with Crippen LogP contribution in [-0.4, -0.2) is 34.7 Å². The molecule has 0 atom stereocenters. The summed E-state index contributed by atoms with van der Waals surface area (Å²) in [5, 5.41) is 7.25. The number of ether oxygens (including phenoxy) is 2. The molecular weight excluding hydrogens is 320 g/mol. The van der Waals surface area contributed by atoms with Gasteiger partial charge in [-0.3, -0.25) is 4.79 Å². The Kier molecular flexibility index (Phi) is 4.03. The van der Waals surface area contributed by atoms with Gasteiger partial charge in [-0.25, -0.2) is 9.50 Å². The zero-order valence-electron chi connectivity index (χ0n) is 12.4. The number of carbonyl (C=O) groups excluding carboxylic acids is 1. The summed E-state index contributed by atoms with van der Waals surface area (Å²) < 4.78 is 11.9. The van der Waals surface area contributed by atoms with Gasteiger partial charge in [0.1, 0.15) is 17.2 Å². The first-order chi connectivity index (χ1) is 11.1. The molecule has 0 spiro atoms. The summed E-state index contributed by atoms with van der Waals surface area (Å²) in [6.45, 7) is 0. The largest absolute Gasteiger partial charge is 0.495 e. The number of carbonyl (C=O) groups is 1. The molecule has 0 aliphatic rings. The second kappa shape index (κ2) is 6.13. The molecule has 0 bridgehead atoms. The highest BCUT2D eigenvalue weighted by Gasteiger charge is 2.16. The van der Waals surface area contributed by atoms with E-state index < -0.39 is 0 Å². The van der Waals surface area contributed by atoms with Crippen LogP contribution in [0.25, 0.3) is 5.65 Å². The smallest absolute Gasteiger partial charge is 0.274 e. The van der Waals surface area contributed by atoms with Crippen molar-refractivity contribution in [3.8, 4) is 11.5 Å². The van der Waals surface area contributed by atoms with E-state index in [9.17, 15) is 4.79 Å².